The lowest BCUT2D eigenvalue weighted by molar-refractivity contribution is 0.574. The summed E-state index contributed by atoms with van der Waals surface area (Å²) < 4.78 is 25.4. The van der Waals surface area contributed by atoms with E-state index in [0.717, 1.165) is 18.5 Å². The summed E-state index contributed by atoms with van der Waals surface area (Å²) in [6.45, 7) is 0.545. The van der Waals surface area contributed by atoms with Crippen LogP contribution >= 0.6 is 0 Å². The van der Waals surface area contributed by atoms with E-state index < -0.39 is 10.0 Å². The molecule has 0 aliphatic carbocycles. The SMILES string of the molecule is CN(C)c1ccc(N2CCCCS2(=O)=O)cc1N. The summed E-state index contributed by atoms with van der Waals surface area (Å²) in [7, 11) is 0.649. The number of hydrogen-bond acceptors (Lipinski definition) is 4. The average Bonchev–Trinajstić information content (AvgIpc) is 2.27. The van der Waals surface area contributed by atoms with Gasteiger partial charge in [-0.05, 0) is 31.0 Å². The maximum Gasteiger partial charge on any atom is 0.235 e. The van der Waals surface area contributed by atoms with E-state index in [9.17, 15) is 8.42 Å². The summed E-state index contributed by atoms with van der Waals surface area (Å²) in [6.07, 6.45) is 1.64. The fourth-order valence-corrected chi connectivity index (χ4v) is 3.81. The van der Waals surface area contributed by atoms with E-state index in [1.165, 1.54) is 4.31 Å². The van der Waals surface area contributed by atoms with Gasteiger partial charge in [0.2, 0.25) is 10.0 Å². The minimum absolute atomic E-state index is 0.225. The largest absolute Gasteiger partial charge is 0.397 e. The van der Waals surface area contributed by atoms with Gasteiger partial charge in [-0.15, -0.1) is 0 Å². The lowest BCUT2D eigenvalue weighted by atomic mass is 10.2. The molecular weight excluding hydrogens is 250 g/mol. The molecule has 0 aromatic heterocycles. The Morgan fingerprint density at radius 3 is 2.56 bits per heavy atom. The van der Waals surface area contributed by atoms with E-state index in [-0.39, 0.29) is 5.75 Å². The van der Waals surface area contributed by atoms with E-state index in [0.29, 0.717) is 17.9 Å². The molecule has 0 amide bonds. The van der Waals surface area contributed by atoms with Gasteiger partial charge >= 0.3 is 0 Å². The second kappa shape index (κ2) is 4.68. The van der Waals surface area contributed by atoms with E-state index in [1.54, 1.807) is 6.07 Å². The van der Waals surface area contributed by atoms with Crippen LogP contribution in [-0.4, -0.2) is 34.8 Å². The molecule has 1 aliphatic rings. The van der Waals surface area contributed by atoms with Crippen molar-refractivity contribution in [2.75, 3.05) is 41.3 Å². The first-order valence-electron chi connectivity index (χ1n) is 5.99. The van der Waals surface area contributed by atoms with Gasteiger partial charge < -0.3 is 10.6 Å². The fourth-order valence-electron chi connectivity index (χ4n) is 2.18. The fraction of sp³-hybridized carbons (Fsp3) is 0.500. The number of rotatable bonds is 2. The topological polar surface area (TPSA) is 66.6 Å². The van der Waals surface area contributed by atoms with E-state index in [2.05, 4.69) is 0 Å². The lowest BCUT2D eigenvalue weighted by Crippen LogP contribution is -2.37. The molecule has 1 saturated heterocycles. The van der Waals surface area contributed by atoms with Crippen LogP contribution in [0.3, 0.4) is 0 Å². The number of sulfonamides is 1. The van der Waals surface area contributed by atoms with Crippen molar-refractivity contribution >= 4 is 27.1 Å². The van der Waals surface area contributed by atoms with Crippen LogP contribution < -0.4 is 14.9 Å². The van der Waals surface area contributed by atoms with Gasteiger partial charge in [0.1, 0.15) is 0 Å². The third-order valence-electron chi connectivity index (χ3n) is 3.13. The maximum absolute atomic E-state index is 12.0. The molecule has 2 N–H and O–H groups in total. The highest BCUT2D eigenvalue weighted by atomic mass is 32.2. The summed E-state index contributed by atoms with van der Waals surface area (Å²) in [5.41, 5.74) is 8.11. The van der Waals surface area contributed by atoms with E-state index >= 15 is 0 Å². The highest BCUT2D eigenvalue weighted by Crippen LogP contribution is 2.30. The first kappa shape index (κ1) is 13.0. The van der Waals surface area contributed by atoms with Crippen LogP contribution in [0.15, 0.2) is 18.2 Å². The van der Waals surface area contributed by atoms with Gasteiger partial charge in [0.05, 0.1) is 22.8 Å². The Labute approximate surface area is 108 Å². The Morgan fingerprint density at radius 2 is 2.00 bits per heavy atom. The third kappa shape index (κ3) is 2.38. The van der Waals surface area contributed by atoms with Crippen molar-refractivity contribution in [2.45, 2.75) is 12.8 Å². The molecule has 1 aromatic carbocycles. The highest BCUT2D eigenvalue weighted by molar-refractivity contribution is 7.92. The average molecular weight is 269 g/mol. The van der Waals surface area contributed by atoms with Gasteiger partial charge in [0.25, 0.3) is 0 Å². The molecular formula is C12H19N3O2S. The van der Waals surface area contributed by atoms with Crippen molar-refractivity contribution in [1.82, 2.24) is 0 Å². The van der Waals surface area contributed by atoms with Gasteiger partial charge in [-0.1, -0.05) is 0 Å². The lowest BCUT2D eigenvalue weighted by Gasteiger charge is -2.29. The molecule has 0 unspecified atom stereocenters. The summed E-state index contributed by atoms with van der Waals surface area (Å²) in [5, 5.41) is 0. The van der Waals surface area contributed by atoms with Gasteiger partial charge in [-0.25, -0.2) is 8.42 Å². The number of nitrogens with zero attached hydrogens (tertiary/aromatic N) is 2. The molecule has 5 nitrogen and oxygen atoms in total. The Bertz CT molecular complexity index is 540. The molecule has 0 spiro atoms. The summed E-state index contributed by atoms with van der Waals surface area (Å²) >= 11 is 0. The smallest absolute Gasteiger partial charge is 0.235 e. The Balaban J connectivity index is 2.37. The van der Waals surface area contributed by atoms with Gasteiger partial charge in [0, 0.05) is 20.6 Å². The van der Waals surface area contributed by atoms with Gasteiger partial charge in [-0.3, -0.25) is 4.31 Å². The molecule has 18 heavy (non-hydrogen) atoms. The molecule has 2 rings (SSSR count). The highest BCUT2D eigenvalue weighted by Gasteiger charge is 2.26. The van der Waals surface area contributed by atoms with Crippen molar-refractivity contribution in [3.05, 3.63) is 18.2 Å². The number of benzene rings is 1. The zero-order chi connectivity index (χ0) is 13.3. The Kier molecular flexibility index (Phi) is 3.38. The standard InChI is InChI=1S/C12H19N3O2S/c1-14(2)12-6-5-10(9-11(12)13)15-7-3-4-8-18(15,16)17/h5-6,9H,3-4,7-8,13H2,1-2H3. The molecule has 1 fully saturated rings. The van der Waals surface area contributed by atoms with Crippen LogP contribution in [0.5, 0.6) is 0 Å². The van der Waals surface area contributed by atoms with Crippen LogP contribution in [0.2, 0.25) is 0 Å². The minimum atomic E-state index is -3.16. The molecule has 0 bridgehead atoms. The predicted molar refractivity (Wildman–Crippen MR) is 75.5 cm³/mol. The minimum Gasteiger partial charge on any atom is -0.397 e. The molecule has 0 saturated carbocycles. The number of anilines is 3. The van der Waals surface area contributed by atoms with Crippen molar-refractivity contribution in [3.63, 3.8) is 0 Å². The number of nitrogen functional groups attached to an aromatic ring is 1. The van der Waals surface area contributed by atoms with Crippen molar-refractivity contribution in [3.8, 4) is 0 Å². The zero-order valence-electron chi connectivity index (χ0n) is 10.8. The van der Waals surface area contributed by atoms with Crippen LogP contribution in [-0.2, 0) is 10.0 Å². The number of nitrogens with two attached hydrogens (primary N) is 1. The molecule has 0 radical (unpaired) electrons. The van der Waals surface area contributed by atoms with E-state index in [1.807, 2.05) is 31.1 Å². The number of hydrogen-bond donors (Lipinski definition) is 1. The van der Waals surface area contributed by atoms with Crippen LogP contribution in [0.1, 0.15) is 12.8 Å². The summed E-state index contributed by atoms with van der Waals surface area (Å²) in [5.74, 6) is 0.225. The molecule has 6 heteroatoms. The quantitative estimate of drug-likeness (QED) is 0.821. The van der Waals surface area contributed by atoms with E-state index in [4.69, 9.17) is 5.73 Å². The summed E-state index contributed by atoms with van der Waals surface area (Å²) in [6, 6.07) is 5.40. The van der Waals surface area contributed by atoms with Crippen LogP contribution in [0.25, 0.3) is 0 Å². The first-order chi connectivity index (χ1) is 8.42. The van der Waals surface area contributed by atoms with Gasteiger partial charge in [-0.2, -0.15) is 0 Å². The van der Waals surface area contributed by atoms with Crippen molar-refractivity contribution in [2.24, 2.45) is 0 Å². The second-order valence-electron chi connectivity index (χ2n) is 4.73. The van der Waals surface area contributed by atoms with Crippen LogP contribution in [0, 0.1) is 0 Å². The molecule has 1 heterocycles. The van der Waals surface area contributed by atoms with Crippen molar-refractivity contribution in [1.29, 1.82) is 0 Å². The van der Waals surface area contributed by atoms with Crippen LogP contribution in [0.4, 0.5) is 17.1 Å². The Morgan fingerprint density at radius 1 is 1.28 bits per heavy atom. The van der Waals surface area contributed by atoms with Gasteiger partial charge in [0.15, 0.2) is 0 Å². The molecule has 0 atom stereocenters. The monoisotopic (exact) mass is 269 g/mol. The maximum atomic E-state index is 12.0. The second-order valence-corrected chi connectivity index (χ2v) is 6.75. The molecule has 1 aliphatic heterocycles. The zero-order valence-corrected chi connectivity index (χ0v) is 11.6. The molecule has 1 aromatic rings. The molecule has 100 valence electrons. The summed E-state index contributed by atoms with van der Waals surface area (Å²) in [4.78, 5) is 1.91. The third-order valence-corrected chi connectivity index (χ3v) is 5.00. The Hall–Kier alpha value is -1.43. The van der Waals surface area contributed by atoms with Crippen molar-refractivity contribution < 1.29 is 8.42 Å². The predicted octanol–water partition coefficient (Wildman–Crippen LogP) is 1.26. The first-order valence-corrected chi connectivity index (χ1v) is 7.60. The normalized spacial score (nSPS) is 18.7.